The Balaban J connectivity index is 2.06. The fourth-order valence-corrected chi connectivity index (χ4v) is 3.46. The highest BCUT2D eigenvalue weighted by Crippen LogP contribution is 2.32. The highest BCUT2D eigenvalue weighted by molar-refractivity contribution is 5.15. The Hall–Kier alpha value is -0.340. The summed E-state index contributed by atoms with van der Waals surface area (Å²) in [5.41, 5.74) is 1.65. The monoisotopic (exact) mass is 237 g/mol. The van der Waals surface area contributed by atoms with Crippen molar-refractivity contribution in [3.63, 3.8) is 0 Å². The first-order valence-corrected chi connectivity index (χ1v) is 7.34. The molecular formula is C15H27NO. The van der Waals surface area contributed by atoms with Crippen molar-refractivity contribution in [2.24, 2.45) is 5.92 Å². The third kappa shape index (κ3) is 3.11. The molecule has 2 nitrogen and oxygen atoms in total. The molecule has 0 saturated carbocycles. The summed E-state index contributed by atoms with van der Waals surface area (Å²) < 4.78 is 5.85. The maximum Gasteiger partial charge on any atom is 0.0619 e. The fourth-order valence-electron chi connectivity index (χ4n) is 3.46. The van der Waals surface area contributed by atoms with Crippen molar-refractivity contribution in [3.8, 4) is 0 Å². The number of hydrogen-bond acceptors (Lipinski definition) is 2. The van der Waals surface area contributed by atoms with Crippen molar-refractivity contribution in [3.05, 3.63) is 11.6 Å². The second-order valence-electron chi connectivity index (χ2n) is 5.41. The summed E-state index contributed by atoms with van der Waals surface area (Å²) in [6, 6.07) is 0.556. The maximum absolute atomic E-state index is 5.85. The van der Waals surface area contributed by atoms with E-state index in [1.54, 1.807) is 5.57 Å². The van der Waals surface area contributed by atoms with Gasteiger partial charge in [0, 0.05) is 18.6 Å². The number of allylic oxidation sites excluding steroid dienone is 1. The molecule has 1 N–H and O–H groups in total. The number of likely N-dealkylation sites (N-methyl/N-ethyl adjacent to an activating group) is 1. The molecule has 0 aromatic carbocycles. The molecule has 2 heteroatoms. The van der Waals surface area contributed by atoms with Crippen LogP contribution in [0.25, 0.3) is 0 Å². The minimum atomic E-state index is 0.469. The smallest absolute Gasteiger partial charge is 0.0619 e. The topological polar surface area (TPSA) is 21.3 Å². The number of rotatable bonds is 4. The minimum Gasteiger partial charge on any atom is -0.378 e. The van der Waals surface area contributed by atoms with E-state index in [9.17, 15) is 0 Å². The highest BCUT2D eigenvalue weighted by atomic mass is 16.5. The van der Waals surface area contributed by atoms with Crippen LogP contribution in [0, 0.1) is 5.92 Å². The van der Waals surface area contributed by atoms with Gasteiger partial charge in [-0.15, -0.1) is 0 Å². The van der Waals surface area contributed by atoms with Gasteiger partial charge in [0.2, 0.25) is 0 Å². The first kappa shape index (κ1) is 13.1. The van der Waals surface area contributed by atoms with Crippen LogP contribution < -0.4 is 5.32 Å². The molecule has 0 bridgehead atoms. The predicted molar refractivity (Wildman–Crippen MR) is 72.2 cm³/mol. The lowest BCUT2D eigenvalue weighted by atomic mass is 9.85. The van der Waals surface area contributed by atoms with Crippen LogP contribution in [0.2, 0.25) is 0 Å². The summed E-state index contributed by atoms with van der Waals surface area (Å²) in [7, 11) is 2.11. The quantitative estimate of drug-likeness (QED) is 0.758. The van der Waals surface area contributed by atoms with Crippen LogP contribution in [0.5, 0.6) is 0 Å². The van der Waals surface area contributed by atoms with Gasteiger partial charge in [-0.3, -0.25) is 0 Å². The largest absolute Gasteiger partial charge is 0.378 e. The molecule has 98 valence electrons. The third-order valence-corrected chi connectivity index (χ3v) is 4.38. The number of ether oxygens (including phenoxy) is 1. The van der Waals surface area contributed by atoms with Crippen molar-refractivity contribution >= 4 is 0 Å². The number of nitrogens with one attached hydrogen (secondary N) is 1. The van der Waals surface area contributed by atoms with Crippen LogP contribution in [-0.2, 0) is 4.74 Å². The van der Waals surface area contributed by atoms with E-state index in [0.717, 1.165) is 13.0 Å². The molecule has 1 aliphatic carbocycles. The van der Waals surface area contributed by atoms with Gasteiger partial charge in [-0.1, -0.05) is 25.0 Å². The molecule has 1 fully saturated rings. The molecule has 0 aromatic rings. The fraction of sp³-hybridized carbons (Fsp3) is 0.867. The van der Waals surface area contributed by atoms with E-state index in [0.29, 0.717) is 18.1 Å². The van der Waals surface area contributed by atoms with Crippen LogP contribution in [0.4, 0.5) is 0 Å². The Morgan fingerprint density at radius 2 is 2.29 bits per heavy atom. The molecule has 2 aliphatic rings. The van der Waals surface area contributed by atoms with Gasteiger partial charge in [0.15, 0.2) is 0 Å². The second-order valence-corrected chi connectivity index (χ2v) is 5.41. The molecule has 3 atom stereocenters. The summed E-state index contributed by atoms with van der Waals surface area (Å²) in [5.74, 6) is 0.689. The molecule has 0 amide bonds. The Bertz CT molecular complexity index is 262. The molecule has 0 aromatic heterocycles. The van der Waals surface area contributed by atoms with Gasteiger partial charge in [0.25, 0.3) is 0 Å². The molecule has 1 aliphatic heterocycles. The Labute approximate surface area is 106 Å². The first-order valence-electron chi connectivity index (χ1n) is 7.34. The predicted octanol–water partition coefficient (Wildman–Crippen LogP) is 3.28. The van der Waals surface area contributed by atoms with Crippen LogP contribution in [0.1, 0.15) is 51.9 Å². The summed E-state index contributed by atoms with van der Waals surface area (Å²) in [6.07, 6.45) is 12.0. The zero-order valence-corrected chi connectivity index (χ0v) is 11.4. The van der Waals surface area contributed by atoms with Gasteiger partial charge in [0.05, 0.1) is 6.10 Å². The molecule has 2 rings (SSSR count). The van der Waals surface area contributed by atoms with E-state index < -0.39 is 0 Å². The van der Waals surface area contributed by atoms with Gasteiger partial charge in [-0.2, -0.15) is 0 Å². The first-order chi connectivity index (χ1) is 8.36. The molecule has 3 unspecified atom stereocenters. The van der Waals surface area contributed by atoms with E-state index in [1.165, 1.54) is 38.5 Å². The van der Waals surface area contributed by atoms with Crippen molar-refractivity contribution < 1.29 is 4.74 Å². The van der Waals surface area contributed by atoms with E-state index in [1.807, 2.05) is 0 Å². The van der Waals surface area contributed by atoms with Crippen molar-refractivity contribution in [2.75, 3.05) is 13.7 Å². The van der Waals surface area contributed by atoms with Gasteiger partial charge in [-0.25, -0.2) is 0 Å². The van der Waals surface area contributed by atoms with Crippen LogP contribution in [0.3, 0.4) is 0 Å². The molecule has 1 heterocycles. The number of hydrogen-bond donors (Lipinski definition) is 1. The van der Waals surface area contributed by atoms with Crippen LogP contribution in [-0.4, -0.2) is 25.8 Å². The lowest BCUT2D eigenvalue weighted by Gasteiger charge is -2.29. The second kappa shape index (κ2) is 6.55. The Kier molecular flexibility index (Phi) is 5.05. The van der Waals surface area contributed by atoms with Gasteiger partial charge >= 0.3 is 0 Å². The van der Waals surface area contributed by atoms with Gasteiger partial charge in [0.1, 0.15) is 0 Å². The van der Waals surface area contributed by atoms with E-state index in [-0.39, 0.29) is 0 Å². The van der Waals surface area contributed by atoms with E-state index in [4.69, 9.17) is 4.74 Å². The average Bonchev–Trinajstić information content (AvgIpc) is 2.65. The lowest BCUT2D eigenvalue weighted by Crippen LogP contribution is -2.39. The van der Waals surface area contributed by atoms with Gasteiger partial charge in [-0.05, 0) is 45.6 Å². The molecule has 17 heavy (non-hydrogen) atoms. The normalized spacial score (nSPS) is 32.0. The third-order valence-electron chi connectivity index (χ3n) is 4.38. The minimum absolute atomic E-state index is 0.469. The van der Waals surface area contributed by atoms with Crippen LogP contribution in [0.15, 0.2) is 11.6 Å². The summed E-state index contributed by atoms with van der Waals surface area (Å²) in [5, 5.41) is 3.56. The van der Waals surface area contributed by atoms with Gasteiger partial charge < -0.3 is 10.1 Å². The molecular weight excluding hydrogens is 210 g/mol. The lowest BCUT2D eigenvalue weighted by molar-refractivity contribution is 0.0812. The summed E-state index contributed by atoms with van der Waals surface area (Å²) >= 11 is 0. The SMILES string of the molecule is CCC1OCCC1C(NC)C1=CCCCCC1. The Morgan fingerprint density at radius 3 is 3.06 bits per heavy atom. The summed E-state index contributed by atoms with van der Waals surface area (Å²) in [6.45, 7) is 3.20. The van der Waals surface area contributed by atoms with Crippen molar-refractivity contribution in [2.45, 2.75) is 64.0 Å². The van der Waals surface area contributed by atoms with Crippen molar-refractivity contribution in [1.29, 1.82) is 0 Å². The summed E-state index contributed by atoms with van der Waals surface area (Å²) in [4.78, 5) is 0. The van der Waals surface area contributed by atoms with E-state index in [2.05, 4.69) is 25.4 Å². The van der Waals surface area contributed by atoms with Crippen molar-refractivity contribution in [1.82, 2.24) is 5.32 Å². The molecule has 1 saturated heterocycles. The molecule has 0 radical (unpaired) electrons. The Morgan fingerprint density at radius 1 is 1.41 bits per heavy atom. The maximum atomic E-state index is 5.85. The zero-order valence-electron chi connectivity index (χ0n) is 11.4. The van der Waals surface area contributed by atoms with E-state index >= 15 is 0 Å². The standard InChI is InChI=1S/C15H27NO/c1-3-14-13(10-11-17-14)15(16-2)12-8-6-4-5-7-9-12/h8,13-16H,3-7,9-11H2,1-2H3. The average molecular weight is 237 g/mol. The van der Waals surface area contributed by atoms with Crippen LogP contribution >= 0.6 is 0 Å². The highest BCUT2D eigenvalue weighted by Gasteiger charge is 2.34. The molecule has 0 spiro atoms. The zero-order chi connectivity index (χ0) is 12.1.